The zero-order valence-corrected chi connectivity index (χ0v) is 16.1. The van der Waals surface area contributed by atoms with Gasteiger partial charge in [0, 0.05) is 32.2 Å². The molecule has 2 aromatic carbocycles. The molecule has 1 atom stereocenters. The van der Waals surface area contributed by atoms with Crippen molar-refractivity contribution in [1.29, 1.82) is 0 Å². The number of aromatic carboxylic acids is 1. The Morgan fingerprint density at radius 1 is 1.07 bits per heavy atom. The van der Waals surface area contributed by atoms with Crippen molar-refractivity contribution in [2.45, 2.75) is 38.9 Å². The van der Waals surface area contributed by atoms with E-state index in [1.807, 2.05) is 0 Å². The van der Waals surface area contributed by atoms with E-state index in [0.717, 1.165) is 31.5 Å². The summed E-state index contributed by atoms with van der Waals surface area (Å²) in [7, 11) is 0. The lowest BCUT2D eigenvalue weighted by Crippen LogP contribution is -2.47. The summed E-state index contributed by atoms with van der Waals surface area (Å²) in [5.74, 6) is -0.955. The first-order valence-electron chi connectivity index (χ1n) is 9.71. The number of hydrogen-bond acceptors (Lipinski definition) is 3. The summed E-state index contributed by atoms with van der Waals surface area (Å²) in [4.78, 5) is 25.5. The first kappa shape index (κ1) is 19.9. The van der Waals surface area contributed by atoms with E-state index in [4.69, 9.17) is 5.11 Å². The molecule has 1 unspecified atom stereocenters. The van der Waals surface area contributed by atoms with Gasteiger partial charge in [-0.15, -0.1) is 0 Å². The van der Waals surface area contributed by atoms with Gasteiger partial charge in [0.2, 0.25) is 0 Å². The van der Waals surface area contributed by atoms with Crippen molar-refractivity contribution in [3.8, 4) is 0 Å². The first-order valence-corrected chi connectivity index (χ1v) is 9.71. The van der Waals surface area contributed by atoms with Crippen LogP contribution in [0.25, 0.3) is 0 Å². The molecule has 2 amide bonds. The summed E-state index contributed by atoms with van der Waals surface area (Å²) >= 11 is 0. The van der Waals surface area contributed by atoms with E-state index < -0.39 is 5.97 Å². The maximum atomic E-state index is 12.2. The van der Waals surface area contributed by atoms with E-state index in [1.54, 1.807) is 24.3 Å². The van der Waals surface area contributed by atoms with E-state index >= 15 is 0 Å². The number of carbonyl (C=O) groups is 2. The molecule has 0 saturated carbocycles. The highest BCUT2D eigenvalue weighted by atomic mass is 16.4. The lowest BCUT2D eigenvalue weighted by Gasteiger charge is -2.35. The Labute approximate surface area is 165 Å². The molecule has 3 rings (SSSR count). The summed E-state index contributed by atoms with van der Waals surface area (Å²) < 4.78 is 0. The molecule has 1 heterocycles. The third kappa shape index (κ3) is 5.10. The van der Waals surface area contributed by atoms with Crippen molar-refractivity contribution in [3.63, 3.8) is 0 Å². The number of carboxylic acids is 1. The Bertz CT molecular complexity index is 820. The fraction of sp³-hybridized carbons (Fsp3) is 0.364. The van der Waals surface area contributed by atoms with Crippen LogP contribution in [-0.2, 0) is 19.5 Å². The van der Waals surface area contributed by atoms with Crippen LogP contribution >= 0.6 is 0 Å². The second-order valence-corrected chi connectivity index (χ2v) is 7.12. The SMILES string of the molecule is CCC(CNC(=O)NCc1ccc(C(=O)O)cc1)N1CCc2ccccc2C1. The molecular formula is C22H27N3O3. The van der Waals surface area contributed by atoms with Gasteiger partial charge < -0.3 is 15.7 Å². The highest BCUT2D eigenvalue weighted by molar-refractivity contribution is 5.87. The first-order chi connectivity index (χ1) is 13.6. The number of rotatable bonds is 7. The minimum atomic E-state index is -0.955. The van der Waals surface area contributed by atoms with Crippen LogP contribution in [-0.4, -0.2) is 41.1 Å². The molecule has 3 N–H and O–H groups in total. The maximum Gasteiger partial charge on any atom is 0.335 e. The Morgan fingerprint density at radius 2 is 1.79 bits per heavy atom. The third-order valence-electron chi connectivity index (χ3n) is 5.30. The van der Waals surface area contributed by atoms with Crippen LogP contribution in [0.15, 0.2) is 48.5 Å². The van der Waals surface area contributed by atoms with Gasteiger partial charge in [-0.1, -0.05) is 43.3 Å². The van der Waals surface area contributed by atoms with Crippen LogP contribution in [0.4, 0.5) is 4.79 Å². The van der Waals surface area contributed by atoms with Crippen LogP contribution in [0.5, 0.6) is 0 Å². The van der Waals surface area contributed by atoms with Crippen molar-refractivity contribution in [3.05, 3.63) is 70.8 Å². The van der Waals surface area contributed by atoms with Gasteiger partial charge in [0.15, 0.2) is 0 Å². The fourth-order valence-corrected chi connectivity index (χ4v) is 3.58. The summed E-state index contributed by atoms with van der Waals surface area (Å²) in [6.07, 6.45) is 2.02. The molecule has 0 spiro atoms. The summed E-state index contributed by atoms with van der Waals surface area (Å²) in [5.41, 5.74) is 3.90. The zero-order valence-electron chi connectivity index (χ0n) is 16.1. The highest BCUT2D eigenvalue weighted by Gasteiger charge is 2.22. The van der Waals surface area contributed by atoms with Crippen LogP contribution in [0.3, 0.4) is 0 Å². The number of hydrogen-bond donors (Lipinski definition) is 3. The number of amides is 2. The molecule has 1 aliphatic rings. The number of benzene rings is 2. The quantitative estimate of drug-likeness (QED) is 0.689. The molecule has 6 nitrogen and oxygen atoms in total. The smallest absolute Gasteiger partial charge is 0.335 e. The van der Waals surface area contributed by atoms with Crippen molar-refractivity contribution < 1.29 is 14.7 Å². The van der Waals surface area contributed by atoms with Crippen LogP contribution in [0.1, 0.15) is 40.4 Å². The largest absolute Gasteiger partial charge is 0.478 e. The average Bonchev–Trinajstić information content (AvgIpc) is 2.73. The third-order valence-corrected chi connectivity index (χ3v) is 5.30. The van der Waals surface area contributed by atoms with Gasteiger partial charge in [0.25, 0.3) is 0 Å². The number of carboxylic acid groups (broad SMARTS) is 1. The number of fused-ring (bicyclic) bond motifs is 1. The molecule has 0 radical (unpaired) electrons. The topological polar surface area (TPSA) is 81.7 Å². The molecule has 0 aliphatic carbocycles. The molecule has 0 fully saturated rings. The molecular weight excluding hydrogens is 354 g/mol. The Kier molecular flexibility index (Phi) is 6.66. The van der Waals surface area contributed by atoms with Gasteiger partial charge in [-0.3, -0.25) is 4.90 Å². The van der Waals surface area contributed by atoms with E-state index in [1.165, 1.54) is 11.1 Å². The van der Waals surface area contributed by atoms with Gasteiger partial charge in [0.1, 0.15) is 0 Å². The number of urea groups is 1. The number of nitrogens with one attached hydrogen (secondary N) is 2. The summed E-state index contributed by atoms with van der Waals surface area (Å²) in [6, 6.07) is 15.1. The lowest BCUT2D eigenvalue weighted by atomic mass is 9.98. The second kappa shape index (κ2) is 9.37. The Balaban J connectivity index is 1.46. The van der Waals surface area contributed by atoms with Gasteiger partial charge in [-0.2, -0.15) is 0 Å². The van der Waals surface area contributed by atoms with Gasteiger partial charge in [-0.05, 0) is 41.7 Å². The van der Waals surface area contributed by atoms with E-state index in [9.17, 15) is 9.59 Å². The normalized spacial score (nSPS) is 14.8. The second-order valence-electron chi connectivity index (χ2n) is 7.12. The van der Waals surface area contributed by atoms with Crippen LogP contribution in [0.2, 0.25) is 0 Å². The molecule has 2 aromatic rings. The van der Waals surface area contributed by atoms with Gasteiger partial charge in [-0.25, -0.2) is 9.59 Å². The molecule has 0 bridgehead atoms. The highest BCUT2D eigenvalue weighted by Crippen LogP contribution is 2.21. The molecule has 6 heteroatoms. The summed E-state index contributed by atoms with van der Waals surface area (Å²) in [5, 5.41) is 14.7. The van der Waals surface area contributed by atoms with Crippen LogP contribution < -0.4 is 10.6 Å². The lowest BCUT2D eigenvalue weighted by molar-refractivity contribution is 0.0697. The average molecular weight is 381 g/mol. The van der Waals surface area contributed by atoms with E-state index in [0.29, 0.717) is 19.1 Å². The summed E-state index contributed by atoms with van der Waals surface area (Å²) in [6.45, 7) is 5.04. The monoisotopic (exact) mass is 381 g/mol. The molecule has 28 heavy (non-hydrogen) atoms. The molecule has 0 saturated heterocycles. The maximum absolute atomic E-state index is 12.2. The Morgan fingerprint density at radius 3 is 2.46 bits per heavy atom. The van der Waals surface area contributed by atoms with Gasteiger partial charge in [0.05, 0.1) is 5.56 Å². The number of carbonyl (C=O) groups excluding carboxylic acids is 1. The minimum absolute atomic E-state index is 0.210. The zero-order chi connectivity index (χ0) is 19.9. The molecule has 1 aliphatic heterocycles. The molecule has 0 aromatic heterocycles. The van der Waals surface area contributed by atoms with Crippen LogP contribution in [0, 0.1) is 0 Å². The Hall–Kier alpha value is -2.86. The van der Waals surface area contributed by atoms with Crippen molar-refractivity contribution in [2.75, 3.05) is 13.1 Å². The predicted octanol–water partition coefficient (Wildman–Crippen LogP) is 3.02. The standard InChI is InChI=1S/C22H27N3O3/c1-2-20(25-12-11-17-5-3-4-6-19(17)15-25)14-24-22(28)23-13-16-7-9-18(10-8-16)21(26)27/h3-10,20H,2,11-15H2,1H3,(H,26,27)(H2,23,24,28). The molecule has 148 valence electrons. The van der Waals surface area contributed by atoms with Crippen molar-refractivity contribution >= 4 is 12.0 Å². The predicted molar refractivity (Wildman–Crippen MR) is 108 cm³/mol. The van der Waals surface area contributed by atoms with Gasteiger partial charge >= 0.3 is 12.0 Å². The fourth-order valence-electron chi connectivity index (χ4n) is 3.58. The minimum Gasteiger partial charge on any atom is -0.478 e. The van der Waals surface area contributed by atoms with Crippen molar-refractivity contribution in [1.82, 2.24) is 15.5 Å². The van der Waals surface area contributed by atoms with E-state index in [-0.39, 0.29) is 11.6 Å². The van der Waals surface area contributed by atoms with E-state index in [2.05, 4.69) is 46.7 Å². The number of nitrogens with zero attached hydrogens (tertiary/aromatic N) is 1. The van der Waals surface area contributed by atoms with Crippen molar-refractivity contribution in [2.24, 2.45) is 0 Å².